The molecule has 30 heavy (non-hydrogen) atoms. The highest BCUT2D eigenvalue weighted by Gasteiger charge is 2.23. The molecule has 0 saturated heterocycles. The van der Waals surface area contributed by atoms with E-state index in [2.05, 4.69) is 5.32 Å². The molecule has 0 fully saturated rings. The molecule has 0 aromatic heterocycles. The number of amides is 1. The lowest BCUT2D eigenvalue weighted by Crippen LogP contribution is -2.21. The highest BCUT2D eigenvalue weighted by Crippen LogP contribution is 2.39. The van der Waals surface area contributed by atoms with Crippen LogP contribution in [0.25, 0.3) is 0 Å². The number of nitrogens with one attached hydrogen (secondary N) is 1. The van der Waals surface area contributed by atoms with Gasteiger partial charge in [-0.1, -0.05) is 0 Å². The molecule has 1 amide bonds. The first-order valence-electron chi connectivity index (χ1n) is 8.64. The number of non-ortho nitro benzene ring substituents is 1. The van der Waals surface area contributed by atoms with Gasteiger partial charge >= 0.3 is 5.97 Å². The SMILES string of the molecule is O=C(COC(=O)c1ccc([N+](=O)[O-])cc1)Nc1cc2c(cc1[N+](=O)[O-])OCCCO2. The van der Waals surface area contributed by atoms with Gasteiger partial charge in [0, 0.05) is 24.6 Å². The molecule has 0 spiro atoms. The summed E-state index contributed by atoms with van der Waals surface area (Å²) < 4.78 is 15.7. The molecule has 12 nitrogen and oxygen atoms in total. The highest BCUT2D eigenvalue weighted by molar-refractivity contribution is 5.97. The minimum atomic E-state index is -0.881. The predicted molar refractivity (Wildman–Crippen MR) is 101 cm³/mol. The van der Waals surface area contributed by atoms with Crippen LogP contribution in [0.2, 0.25) is 0 Å². The molecular weight excluding hydrogens is 402 g/mol. The Morgan fingerprint density at radius 1 is 1.00 bits per heavy atom. The van der Waals surface area contributed by atoms with Crippen LogP contribution in [-0.2, 0) is 9.53 Å². The van der Waals surface area contributed by atoms with E-state index >= 15 is 0 Å². The fourth-order valence-electron chi connectivity index (χ4n) is 2.57. The molecule has 2 aromatic rings. The number of rotatable bonds is 6. The summed E-state index contributed by atoms with van der Waals surface area (Å²) in [6.45, 7) is -0.0269. The third kappa shape index (κ3) is 4.79. The largest absolute Gasteiger partial charge is 0.489 e. The minimum Gasteiger partial charge on any atom is -0.489 e. The number of esters is 1. The number of nitro groups is 2. The lowest BCUT2D eigenvalue weighted by Gasteiger charge is -2.11. The Morgan fingerprint density at radius 3 is 2.23 bits per heavy atom. The molecule has 1 N–H and O–H groups in total. The lowest BCUT2D eigenvalue weighted by molar-refractivity contribution is -0.384. The van der Waals surface area contributed by atoms with Crippen LogP contribution in [0.1, 0.15) is 16.8 Å². The van der Waals surface area contributed by atoms with Crippen molar-refractivity contribution < 1.29 is 33.6 Å². The number of carbonyl (C=O) groups excluding carboxylic acids is 2. The number of hydrogen-bond donors (Lipinski definition) is 1. The zero-order chi connectivity index (χ0) is 21.7. The molecule has 0 radical (unpaired) electrons. The molecule has 0 bridgehead atoms. The van der Waals surface area contributed by atoms with Crippen molar-refractivity contribution in [3.63, 3.8) is 0 Å². The highest BCUT2D eigenvalue weighted by atomic mass is 16.6. The fourth-order valence-corrected chi connectivity index (χ4v) is 2.57. The van der Waals surface area contributed by atoms with Crippen LogP contribution in [0.3, 0.4) is 0 Å². The first-order valence-corrected chi connectivity index (χ1v) is 8.64. The Bertz CT molecular complexity index is 1000. The molecule has 2 aromatic carbocycles. The van der Waals surface area contributed by atoms with Crippen molar-refractivity contribution in [3.05, 3.63) is 62.2 Å². The number of benzene rings is 2. The maximum Gasteiger partial charge on any atom is 0.338 e. The minimum absolute atomic E-state index is 0.00922. The molecule has 1 heterocycles. The third-order valence-electron chi connectivity index (χ3n) is 3.98. The van der Waals surface area contributed by atoms with E-state index in [0.717, 1.165) is 18.2 Å². The van der Waals surface area contributed by atoms with Crippen LogP contribution >= 0.6 is 0 Å². The van der Waals surface area contributed by atoms with Gasteiger partial charge in [-0.3, -0.25) is 25.0 Å². The van der Waals surface area contributed by atoms with Gasteiger partial charge in [0.2, 0.25) is 0 Å². The topological polar surface area (TPSA) is 160 Å². The predicted octanol–water partition coefficient (Wildman–Crippen LogP) is 2.46. The fraction of sp³-hybridized carbons (Fsp3) is 0.222. The molecule has 12 heteroatoms. The summed E-state index contributed by atoms with van der Waals surface area (Å²) in [5.41, 5.74) is -0.740. The van der Waals surface area contributed by atoms with Crippen molar-refractivity contribution in [3.8, 4) is 11.5 Å². The van der Waals surface area contributed by atoms with Gasteiger partial charge < -0.3 is 19.5 Å². The third-order valence-corrected chi connectivity index (χ3v) is 3.98. The molecule has 0 saturated carbocycles. The molecule has 1 aliphatic heterocycles. The molecule has 3 rings (SSSR count). The quantitative estimate of drug-likeness (QED) is 0.423. The Balaban J connectivity index is 1.66. The van der Waals surface area contributed by atoms with E-state index in [9.17, 15) is 29.8 Å². The van der Waals surface area contributed by atoms with Crippen molar-refractivity contribution in [1.82, 2.24) is 0 Å². The molecule has 0 atom stereocenters. The van der Waals surface area contributed by atoms with E-state index < -0.39 is 34.0 Å². The van der Waals surface area contributed by atoms with Gasteiger partial charge in [0.1, 0.15) is 5.69 Å². The van der Waals surface area contributed by atoms with Crippen LogP contribution in [0.15, 0.2) is 36.4 Å². The maximum absolute atomic E-state index is 12.1. The van der Waals surface area contributed by atoms with Gasteiger partial charge in [0.15, 0.2) is 18.1 Å². The monoisotopic (exact) mass is 417 g/mol. The standard InChI is InChI=1S/C18H15N3O9/c22-17(10-30-18(23)11-2-4-12(5-3-11)20(24)25)19-13-8-15-16(9-14(13)21(26)27)29-7-1-6-28-15/h2-5,8-9H,1,6-7,10H2,(H,19,22). The normalized spacial score (nSPS) is 12.4. The van der Waals surface area contributed by atoms with Crippen LogP contribution in [0.5, 0.6) is 11.5 Å². The van der Waals surface area contributed by atoms with Gasteiger partial charge in [-0.15, -0.1) is 0 Å². The smallest absolute Gasteiger partial charge is 0.338 e. The Hall–Kier alpha value is -4.22. The lowest BCUT2D eigenvalue weighted by atomic mass is 10.2. The van der Waals surface area contributed by atoms with Crippen molar-refractivity contribution in [1.29, 1.82) is 0 Å². The molecule has 0 unspecified atom stereocenters. The molecular formula is C18H15N3O9. The van der Waals surface area contributed by atoms with E-state index in [1.54, 1.807) is 0 Å². The van der Waals surface area contributed by atoms with Gasteiger partial charge in [0.25, 0.3) is 17.3 Å². The van der Waals surface area contributed by atoms with Crippen LogP contribution < -0.4 is 14.8 Å². The summed E-state index contributed by atoms with van der Waals surface area (Å²) in [5, 5.41) is 24.3. The average Bonchev–Trinajstić information content (AvgIpc) is 2.96. The average molecular weight is 417 g/mol. The number of ether oxygens (including phenoxy) is 3. The van der Waals surface area contributed by atoms with Gasteiger partial charge in [-0.25, -0.2) is 4.79 Å². The van der Waals surface area contributed by atoms with E-state index in [4.69, 9.17) is 14.2 Å². The maximum atomic E-state index is 12.1. The summed E-state index contributed by atoms with van der Waals surface area (Å²) in [6.07, 6.45) is 0.600. The summed E-state index contributed by atoms with van der Waals surface area (Å²) in [4.78, 5) is 44.7. The summed E-state index contributed by atoms with van der Waals surface area (Å²) >= 11 is 0. The van der Waals surface area contributed by atoms with Crippen molar-refractivity contribution in [2.75, 3.05) is 25.1 Å². The molecule has 156 valence electrons. The van der Waals surface area contributed by atoms with E-state index in [1.807, 2.05) is 0 Å². The molecule has 1 aliphatic rings. The second kappa shape index (κ2) is 8.86. The van der Waals surface area contributed by atoms with E-state index in [0.29, 0.717) is 19.6 Å². The number of nitrogens with zero attached hydrogens (tertiary/aromatic N) is 2. The second-order valence-corrected chi connectivity index (χ2v) is 6.05. The van der Waals surface area contributed by atoms with Crippen molar-refractivity contribution >= 4 is 28.9 Å². The van der Waals surface area contributed by atoms with Gasteiger partial charge in [-0.05, 0) is 12.1 Å². The zero-order valence-corrected chi connectivity index (χ0v) is 15.4. The summed E-state index contributed by atoms with van der Waals surface area (Å²) in [5.74, 6) is -1.26. The summed E-state index contributed by atoms with van der Waals surface area (Å²) in [7, 11) is 0. The zero-order valence-electron chi connectivity index (χ0n) is 15.4. The van der Waals surface area contributed by atoms with E-state index in [-0.39, 0.29) is 28.4 Å². The second-order valence-electron chi connectivity index (χ2n) is 6.05. The first kappa shape index (κ1) is 20.5. The first-order chi connectivity index (χ1) is 14.3. The van der Waals surface area contributed by atoms with Crippen molar-refractivity contribution in [2.24, 2.45) is 0 Å². The summed E-state index contributed by atoms with van der Waals surface area (Å²) in [6, 6.07) is 7.05. The van der Waals surface area contributed by atoms with Crippen LogP contribution in [0, 0.1) is 20.2 Å². The van der Waals surface area contributed by atoms with Crippen molar-refractivity contribution in [2.45, 2.75) is 6.42 Å². The Kier molecular flexibility index (Phi) is 6.05. The van der Waals surface area contributed by atoms with E-state index in [1.165, 1.54) is 18.2 Å². The van der Waals surface area contributed by atoms with Gasteiger partial charge in [-0.2, -0.15) is 0 Å². The van der Waals surface area contributed by atoms with Crippen LogP contribution in [0.4, 0.5) is 17.1 Å². The van der Waals surface area contributed by atoms with Crippen LogP contribution in [-0.4, -0.2) is 41.5 Å². The Labute approximate surface area is 168 Å². The number of fused-ring (bicyclic) bond motifs is 1. The number of anilines is 1. The van der Waals surface area contributed by atoms with Gasteiger partial charge in [0.05, 0.1) is 34.7 Å². The number of carbonyl (C=O) groups is 2. The number of hydrogen-bond acceptors (Lipinski definition) is 9. The molecule has 0 aliphatic carbocycles. The number of nitro benzene ring substituents is 2. The Morgan fingerprint density at radius 2 is 1.63 bits per heavy atom.